The normalized spacial score (nSPS) is 21.1. The van der Waals surface area contributed by atoms with Crippen LogP contribution in [0.2, 0.25) is 5.02 Å². The summed E-state index contributed by atoms with van der Waals surface area (Å²) < 4.78 is 6.03. The summed E-state index contributed by atoms with van der Waals surface area (Å²) in [5.41, 5.74) is 0. The van der Waals surface area contributed by atoms with Gasteiger partial charge in [0, 0.05) is 30.1 Å². The molecule has 1 atom stereocenters. The van der Waals surface area contributed by atoms with Crippen molar-refractivity contribution in [2.75, 3.05) is 18.0 Å². The Balaban J connectivity index is 1.42. The van der Waals surface area contributed by atoms with Gasteiger partial charge >= 0.3 is 0 Å². The highest BCUT2D eigenvalue weighted by Gasteiger charge is 2.29. The Morgan fingerprint density at radius 3 is 2.91 bits per heavy atom. The molecular weight excluding hydrogens is 298 g/mol. The van der Waals surface area contributed by atoms with Gasteiger partial charge in [0.05, 0.1) is 6.54 Å². The monoisotopic (exact) mass is 315 g/mol. The molecule has 1 saturated heterocycles. The maximum atomic E-state index is 6.03. The van der Waals surface area contributed by atoms with Gasteiger partial charge in [-0.2, -0.15) is 0 Å². The van der Waals surface area contributed by atoms with Gasteiger partial charge in [0.1, 0.15) is 23.5 Å². The van der Waals surface area contributed by atoms with E-state index >= 15 is 0 Å². The van der Waals surface area contributed by atoms with Crippen LogP contribution in [0.1, 0.15) is 31.0 Å². The maximum absolute atomic E-state index is 6.03. The third-order valence-corrected chi connectivity index (χ3v) is 4.40. The molecule has 114 valence electrons. The zero-order valence-corrected chi connectivity index (χ0v) is 13.0. The Morgan fingerprint density at radius 1 is 1.18 bits per heavy atom. The van der Waals surface area contributed by atoms with Gasteiger partial charge in [-0.15, -0.1) is 0 Å². The Kier molecular flexibility index (Phi) is 3.62. The van der Waals surface area contributed by atoms with Gasteiger partial charge in [0.25, 0.3) is 0 Å². The van der Waals surface area contributed by atoms with E-state index < -0.39 is 0 Å². The Morgan fingerprint density at radius 2 is 2.09 bits per heavy atom. The molecule has 0 N–H and O–H groups in total. The molecule has 1 saturated carbocycles. The molecule has 0 amide bonds. The molecule has 1 aliphatic heterocycles. The molecule has 2 aliphatic rings. The highest BCUT2D eigenvalue weighted by atomic mass is 35.5. The lowest BCUT2D eigenvalue weighted by Gasteiger charge is -2.18. The van der Waals surface area contributed by atoms with E-state index in [1.165, 1.54) is 12.8 Å². The summed E-state index contributed by atoms with van der Waals surface area (Å²) in [5, 5.41) is 0.706. The lowest BCUT2D eigenvalue weighted by Crippen LogP contribution is -2.25. The largest absolute Gasteiger partial charge is 0.488 e. The first-order valence-corrected chi connectivity index (χ1v) is 8.16. The standard InChI is InChI=1S/C17H18ClN3O/c18-13-2-1-3-14(10-13)22-15-7-9-21(11-15)16-6-8-19-17(20-16)12-4-5-12/h1-3,6,8,10,12,15H,4-5,7,9,11H2. The summed E-state index contributed by atoms with van der Waals surface area (Å²) in [7, 11) is 0. The molecule has 5 heteroatoms. The van der Waals surface area contributed by atoms with Crippen LogP contribution in [-0.2, 0) is 0 Å². The molecule has 1 aromatic heterocycles. The van der Waals surface area contributed by atoms with Crippen LogP contribution in [0.5, 0.6) is 5.75 Å². The third kappa shape index (κ3) is 3.02. The molecule has 1 unspecified atom stereocenters. The summed E-state index contributed by atoms with van der Waals surface area (Å²) in [4.78, 5) is 11.4. The van der Waals surface area contributed by atoms with Gasteiger partial charge in [-0.1, -0.05) is 17.7 Å². The molecular formula is C17H18ClN3O. The number of aromatic nitrogens is 2. The van der Waals surface area contributed by atoms with Crippen molar-refractivity contribution >= 4 is 17.4 Å². The van der Waals surface area contributed by atoms with Crippen LogP contribution in [0.3, 0.4) is 0 Å². The number of nitrogens with zero attached hydrogens (tertiary/aromatic N) is 3. The Bertz CT molecular complexity index is 674. The predicted octanol–water partition coefficient (Wildman–Crippen LogP) is 3.67. The second kappa shape index (κ2) is 5.76. The van der Waals surface area contributed by atoms with Crippen LogP contribution < -0.4 is 9.64 Å². The number of hydrogen-bond acceptors (Lipinski definition) is 4. The number of benzene rings is 1. The zero-order valence-electron chi connectivity index (χ0n) is 12.3. The Hall–Kier alpha value is -1.81. The summed E-state index contributed by atoms with van der Waals surface area (Å²) in [6, 6.07) is 9.57. The van der Waals surface area contributed by atoms with Gasteiger partial charge in [-0.3, -0.25) is 0 Å². The molecule has 4 nitrogen and oxygen atoms in total. The molecule has 2 heterocycles. The third-order valence-electron chi connectivity index (χ3n) is 4.17. The average molecular weight is 316 g/mol. The van der Waals surface area contributed by atoms with E-state index in [1.807, 2.05) is 36.5 Å². The van der Waals surface area contributed by atoms with Crippen LogP contribution in [0.25, 0.3) is 0 Å². The Labute approximate surface area is 135 Å². The summed E-state index contributed by atoms with van der Waals surface area (Å²) in [6.07, 6.45) is 5.50. The maximum Gasteiger partial charge on any atom is 0.133 e. The first kappa shape index (κ1) is 13.8. The van der Waals surface area contributed by atoms with Gasteiger partial charge in [-0.05, 0) is 37.1 Å². The van der Waals surface area contributed by atoms with Gasteiger partial charge < -0.3 is 9.64 Å². The number of anilines is 1. The summed E-state index contributed by atoms with van der Waals surface area (Å²) in [5.74, 6) is 3.44. The van der Waals surface area contributed by atoms with Crippen LogP contribution >= 0.6 is 11.6 Å². The van der Waals surface area contributed by atoms with Gasteiger partial charge in [-0.25, -0.2) is 9.97 Å². The SMILES string of the molecule is Clc1cccc(OC2CCN(c3ccnc(C4CC4)n3)C2)c1. The van der Waals surface area contributed by atoms with Crippen molar-refractivity contribution in [2.24, 2.45) is 0 Å². The smallest absolute Gasteiger partial charge is 0.133 e. The van der Waals surface area contributed by atoms with Crippen molar-refractivity contribution in [3.05, 3.63) is 47.4 Å². The molecule has 2 aromatic rings. The molecule has 0 radical (unpaired) electrons. The van der Waals surface area contributed by atoms with Crippen LogP contribution in [0.15, 0.2) is 36.5 Å². The van der Waals surface area contributed by atoms with Crippen molar-refractivity contribution in [3.63, 3.8) is 0 Å². The van der Waals surface area contributed by atoms with E-state index in [0.29, 0.717) is 10.9 Å². The number of ether oxygens (including phenoxy) is 1. The topological polar surface area (TPSA) is 38.2 Å². The highest BCUT2D eigenvalue weighted by molar-refractivity contribution is 6.30. The fourth-order valence-electron chi connectivity index (χ4n) is 2.84. The summed E-state index contributed by atoms with van der Waals surface area (Å²) >= 11 is 6.00. The first-order valence-electron chi connectivity index (χ1n) is 7.78. The number of rotatable bonds is 4. The minimum atomic E-state index is 0.179. The minimum Gasteiger partial charge on any atom is -0.488 e. The van der Waals surface area contributed by atoms with E-state index in [4.69, 9.17) is 21.3 Å². The quantitative estimate of drug-likeness (QED) is 0.863. The predicted molar refractivity (Wildman–Crippen MR) is 86.7 cm³/mol. The van der Waals surface area contributed by atoms with Crippen LogP contribution in [0.4, 0.5) is 5.82 Å². The van der Waals surface area contributed by atoms with E-state index in [-0.39, 0.29) is 6.10 Å². The number of halogens is 1. The molecule has 4 rings (SSSR count). The van der Waals surface area contributed by atoms with Gasteiger partial charge in [0.2, 0.25) is 0 Å². The number of hydrogen-bond donors (Lipinski definition) is 0. The second-order valence-electron chi connectivity index (χ2n) is 5.98. The molecule has 22 heavy (non-hydrogen) atoms. The summed E-state index contributed by atoms with van der Waals surface area (Å²) in [6.45, 7) is 1.82. The molecule has 1 aromatic carbocycles. The van der Waals surface area contributed by atoms with Crippen molar-refractivity contribution in [1.82, 2.24) is 9.97 Å². The second-order valence-corrected chi connectivity index (χ2v) is 6.42. The van der Waals surface area contributed by atoms with E-state index in [9.17, 15) is 0 Å². The minimum absolute atomic E-state index is 0.179. The van der Waals surface area contributed by atoms with E-state index in [0.717, 1.165) is 36.9 Å². The van der Waals surface area contributed by atoms with Crippen LogP contribution in [-0.4, -0.2) is 29.2 Å². The fourth-order valence-corrected chi connectivity index (χ4v) is 3.02. The molecule has 0 spiro atoms. The van der Waals surface area contributed by atoms with Crippen molar-refractivity contribution < 1.29 is 4.74 Å². The average Bonchev–Trinajstić information content (AvgIpc) is 3.28. The highest BCUT2D eigenvalue weighted by Crippen LogP contribution is 2.38. The zero-order chi connectivity index (χ0) is 14.9. The van der Waals surface area contributed by atoms with Crippen molar-refractivity contribution in [2.45, 2.75) is 31.3 Å². The van der Waals surface area contributed by atoms with Crippen molar-refractivity contribution in [1.29, 1.82) is 0 Å². The lowest BCUT2D eigenvalue weighted by atomic mass is 10.3. The molecule has 1 aliphatic carbocycles. The van der Waals surface area contributed by atoms with Crippen molar-refractivity contribution in [3.8, 4) is 5.75 Å². The first-order chi connectivity index (χ1) is 10.8. The molecule has 2 fully saturated rings. The van der Waals surface area contributed by atoms with Crippen LogP contribution in [0, 0.1) is 0 Å². The van der Waals surface area contributed by atoms with E-state index in [2.05, 4.69) is 9.88 Å². The van der Waals surface area contributed by atoms with Gasteiger partial charge in [0.15, 0.2) is 0 Å². The molecule has 0 bridgehead atoms. The fraction of sp³-hybridized carbons (Fsp3) is 0.412. The van der Waals surface area contributed by atoms with E-state index in [1.54, 1.807) is 0 Å². The lowest BCUT2D eigenvalue weighted by molar-refractivity contribution is 0.225.